The molecular formula is C20H15BrN2O4S. The zero-order valence-corrected chi connectivity index (χ0v) is 17.5. The Labute approximate surface area is 174 Å². The van der Waals surface area contributed by atoms with E-state index in [2.05, 4.69) is 20.9 Å². The lowest BCUT2D eigenvalue weighted by Gasteiger charge is -2.12. The fourth-order valence-corrected chi connectivity index (χ4v) is 3.69. The highest BCUT2D eigenvalue weighted by molar-refractivity contribution is 9.10. The number of methoxy groups -OCH3 is 1. The highest BCUT2D eigenvalue weighted by Crippen LogP contribution is 2.37. The van der Waals surface area contributed by atoms with E-state index in [0.29, 0.717) is 27.4 Å². The number of ether oxygens (including phenoxy) is 3. The van der Waals surface area contributed by atoms with Crippen molar-refractivity contribution in [1.29, 1.82) is 5.26 Å². The molecule has 0 radical (unpaired) electrons. The van der Waals surface area contributed by atoms with E-state index in [4.69, 9.17) is 19.5 Å². The Balaban J connectivity index is 1.84. The van der Waals surface area contributed by atoms with Crippen LogP contribution < -0.4 is 14.2 Å². The summed E-state index contributed by atoms with van der Waals surface area (Å²) < 4.78 is 16.6. The van der Waals surface area contributed by atoms with E-state index in [1.165, 1.54) is 17.4 Å². The zero-order valence-electron chi connectivity index (χ0n) is 15.1. The van der Waals surface area contributed by atoms with Gasteiger partial charge in [0.1, 0.15) is 10.8 Å². The second-order valence-corrected chi connectivity index (χ2v) is 7.20. The van der Waals surface area contributed by atoms with Gasteiger partial charge in [0, 0.05) is 17.0 Å². The largest absolute Gasteiger partial charge is 0.497 e. The van der Waals surface area contributed by atoms with Crippen molar-refractivity contribution in [2.45, 2.75) is 6.92 Å². The summed E-state index contributed by atoms with van der Waals surface area (Å²) in [6.45, 7) is 2.17. The van der Waals surface area contributed by atoms with Crippen LogP contribution in [0.5, 0.6) is 17.2 Å². The number of nitriles is 1. The van der Waals surface area contributed by atoms with Crippen LogP contribution in [0.2, 0.25) is 0 Å². The van der Waals surface area contributed by atoms with E-state index in [1.54, 1.807) is 25.5 Å². The number of benzene rings is 2. The molecular weight excluding hydrogens is 444 g/mol. The molecule has 1 aromatic heterocycles. The average Bonchev–Trinajstić information content (AvgIpc) is 3.20. The first-order valence-corrected chi connectivity index (χ1v) is 9.91. The Morgan fingerprint density at radius 1 is 1.29 bits per heavy atom. The van der Waals surface area contributed by atoms with E-state index in [1.807, 2.05) is 30.3 Å². The third kappa shape index (κ3) is 4.32. The van der Waals surface area contributed by atoms with Crippen LogP contribution >= 0.6 is 27.3 Å². The molecule has 0 bridgehead atoms. The molecule has 142 valence electrons. The standard InChI is InChI=1S/C20H15BrN2O4S/c1-3-26-17-9-12(10-22)8-15(21)18(17)27-20(24)16-11-28-19(23-16)13-4-6-14(25-2)7-5-13/h4-9,11H,3H2,1-2H3. The SMILES string of the molecule is CCOc1cc(C#N)cc(Br)c1OC(=O)c1csc(-c2ccc(OC)cc2)n1. The van der Waals surface area contributed by atoms with Crippen LogP contribution in [0.3, 0.4) is 0 Å². The Hall–Kier alpha value is -2.89. The minimum Gasteiger partial charge on any atom is -0.497 e. The van der Waals surface area contributed by atoms with Gasteiger partial charge in [-0.25, -0.2) is 9.78 Å². The van der Waals surface area contributed by atoms with Crippen LogP contribution in [0.4, 0.5) is 0 Å². The molecule has 6 nitrogen and oxygen atoms in total. The molecule has 0 spiro atoms. The molecule has 0 saturated heterocycles. The van der Waals surface area contributed by atoms with E-state index >= 15 is 0 Å². The van der Waals surface area contributed by atoms with Crippen LogP contribution in [0, 0.1) is 11.3 Å². The molecule has 0 saturated carbocycles. The van der Waals surface area contributed by atoms with Crippen molar-refractivity contribution in [2.75, 3.05) is 13.7 Å². The maximum absolute atomic E-state index is 12.6. The third-order valence-electron chi connectivity index (χ3n) is 3.68. The molecule has 0 aliphatic rings. The lowest BCUT2D eigenvalue weighted by molar-refractivity contribution is 0.0722. The molecule has 0 unspecified atom stereocenters. The monoisotopic (exact) mass is 458 g/mol. The molecule has 3 rings (SSSR count). The van der Waals surface area contributed by atoms with Gasteiger partial charge in [0.2, 0.25) is 0 Å². The summed E-state index contributed by atoms with van der Waals surface area (Å²) in [6, 6.07) is 12.5. The van der Waals surface area contributed by atoms with Gasteiger partial charge in [0.05, 0.1) is 29.8 Å². The average molecular weight is 459 g/mol. The quantitative estimate of drug-likeness (QED) is 0.378. The second-order valence-electron chi connectivity index (χ2n) is 5.49. The number of halogens is 1. The van der Waals surface area contributed by atoms with Gasteiger partial charge in [-0.2, -0.15) is 5.26 Å². The first-order chi connectivity index (χ1) is 13.5. The van der Waals surface area contributed by atoms with Crippen LogP contribution in [-0.4, -0.2) is 24.7 Å². The molecule has 28 heavy (non-hydrogen) atoms. The summed E-state index contributed by atoms with van der Waals surface area (Å²) in [5.74, 6) is 0.661. The first-order valence-electron chi connectivity index (χ1n) is 8.24. The van der Waals surface area contributed by atoms with Crippen LogP contribution in [-0.2, 0) is 0 Å². The Morgan fingerprint density at radius 3 is 2.68 bits per heavy atom. The van der Waals surface area contributed by atoms with Gasteiger partial charge in [0.25, 0.3) is 0 Å². The van der Waals surface area contributed by atoms with Crippen molar-refractivity contribution >= 4 is 33.2 Å². The van der Waals surface area contributed by atoms with Gasteiger partial charge in [-0.05, 0) is 53.2 Å². The lowest BCUT2D eigenvalue weighted by atomic mass is 10.2. The molecule has 1 heterocycles. The molecule has 0 atom stereocenters. The van der Waals surface area contributed by atoms with Gasteiger partial charge >= 0.3 is 5.97 Å². The molecule has 0 N–H and O–H groups in total. The highest BCUT2D eigenvalue weighted by atomic mass is 79.9. The lowest BCUT2D eigenvalue weighted by Crippen LogP contribution is -2.11. The highest BCUT2D eigenvalue weighted by Gasteiger charge is 2.20. The number of rotatable bonds is 6. The molecule has 0 aliphatic carbocycles. The fraction of sp³-hybridized carbons (Fsp3) is 0.150. The van der Waals surface area contributed by atoms with Crippen LogP contribution in [0.25, 0.3) is 10.6 Å². The fourth-order valence-electron chi connectivity index (χ4n) is 2.37. The summed E-state index contributed by atoms with van der Waals surface area (Å²) in [4.78, 5) is 16.9. The topological polar surface area (TPSA) is 81.4 Å². The molecule has 2 aromatic carbocycles. The van der Waals surface area contributed by atoms with Crippen molar-refractivity contribution in [3.8, 4) is 33.9 Å². The first kappa shape index (κ1) is 19.9. The zero-order chi connectivity index (χ0) is 20.1. The van der Waals surface area contributed by atoms with Gasteiger partial charge in [-0.1, -0.05) is 0 Å². The Kier molecular flexibility index (Phi) is 6.29. The minimum atomic E-state index is -0.609. The van der Waals surface area contributed by atoms with E-state index in [0.717, 1.165) is 11.3 Å². The second kappa shape index (κ2) is 8.87. The normalized spacial score (nSPS) is 10.2. The summed E-state index contributed by atoms with van der Waals surface area (Å²) in [5.41, 5.74) is 1.46. The maximum atomic E-state index is 12.6. The van der Waals surface area contributed by atoms with Crippen molar-refractivity contribution in [3.63, 3.8) is 0 Å². The summed E-state index contributed by atoms with van der Waals surface area (Å²) >= 11 is 4.67. The number of carbonyl (C=O) groups excluding carboxylic acids is 1. The minimum absolute atomic E-state index is 0.189. The predicted octanol–water partition coefficient (Wildman–Crippen LogP) is 5.07. The number of nitrogens with zero attached hydrogens (tertiary/aromatic N) is 2. The number of hydrogen-bond donors (Lipinski definition) is 0. The van der Waals surface area contributed by atoms with Crippen LogP contribution in [0.15, 0.2) is 46.3 Å². The molecule has 8 heteroatoms. The van der Waals surface area contributed by atoms with Gasteiger partial charge < -0.3 is 14.2 Å². The summed E-state index contributed by atoms with van der Waals surface area (Å²) in [7, 11) is 1.60. The van der Waals surface area contributed by atoms with Gasteiger partial charge in [0.15, 0.2) is 17.2 Å². The van der Waals surface area contributed by atoms with E-state index < -0.39 is 5.97 Å². The number of hydrogen-bond acceptors (Lipinski definition) is 7. The molecule has 0 fully saturated rings. The van der Waals surface area contributed by atoms with Crippen molar-refractivity contribution in [3.05, 3.63) is 57.5 Å². The number of thiazole rings is 1. The molecule has 0 aliphatic heterocycles. The summed E-state index contributed by atoms with van der Waals surface area (Å²) in [5, 5.41) is 11.4. The number of esters is 1. The van der Waals surface area contributed by atoms with E-state index in [-0.39, 0.29) is 11.4 Å². The molecule has 3 aromatic rings. The van der Waals surface area contributed by atoms with E-state index in [9.17, 15) is 4.79 Å². The number of aromatic nitrogens is 1. The Bertz CT molecular complexity index is 1040. The van der Waals surface area contributed by atoms with Gasteiger partial charge in [-0.15, -0.1) is 11.3 Å². The van der Waals surface area contributed by atoms with Gasteiger partial charge in [-0.3, -0.25) is 0 Å². The Morgan fingerprint density at radius 2 is 2.04 bits per heavy atom. The van der Waals surface area contributed by atoms with Crippen molar-refractivity contribution in [2.24, 2.45) is 0 Å². The van der Waals surface area contributed by atoms with Crippen molar-refractivity contribution in [1.82, 2.24) is 4.98 Å². The number of carbonyl (C=O) groups is 1. The van der Waals surface area contributed by atoms with Crippen LogP contribution in [0.1, 0.15) is 23.0 Å². The predicted molar refractivity (Wildman–Crippen MR) is 109 cm³/mol. The molecule has 0 amide bonds. The smallest absolute Gasteiger partial charge is 0.363 e. The summed E-state index contributed by atoms with van der Waals surface area (Å²) in [6.07, 6.45) is 0. The third-order valence-corrected chi connectivity index (χ3v) is 5.16. The maximum Gasteiger partial charge on any atom is 0.363 e. The van der Waals surface area contributed by atoms with Crippen molar-refractivity contribution < 1.29 is 19.0 Å².